The van der Waals surface area contributed by atoms with Crippen LogP contribution in [0.15, 0.2) is 53.8 Å². The van der Waals surface area contributed by atoms with E-state index in [9.17, 15) is 9.90 Å². The van der Waals surface area contributed by atoms with E-state index in [1.807, 2.05) is 25.1 Å². The molecule has 0 saturated carbocycles. The lowest BCUT2D eigenvalue weighted by atomic mass is 9.83. The third kappa shape index (κ3) is 2.85. The molecule has 2 aliphatic heterocycles. The van der Waals surface area contributed by atoms with Gasteiger partial charge in [-0.2, -0.15) is 0 Å². The molecule has 1 atom stereocenters. The van der Waals surface area contributed by atoms with Gasteiger partial charge in [0, 0.05) is 16.6 Å². The molecule has 0 spiro atoms. The van der Waals surface area contributed by atoms with Gasteiger partial charge in [0.25, 0.3) is 0 Å². The summed E-state index contributed by atoms with van der Waals surface area (Å²) in [5, 5.41) is 12.3. The van der Waals surface area contributed by atoms with E-state index < -0.39 is 5.60 Å². The summed E-state index contributed by atoms with van der Waals surface area (Å²) in [6.45, 7) is 11.2. The van der Waals surface area contributed by atoms with Gasteiger partial charge in [0.05, 0.1) is 23.5 Å². The molecule has 4 nitrogen and oxygen atoms in total. The van der Waals surface area contributed by atoms with Gasteiger partial charge in [0.2, 0.25) is 0 Å². The van der Waals surface area contributed by atoms with Gasteiger partial charge in [0.1, 0.15) is 5.60 Å². The van der Waals surface area contributed by atoms with Crippen LogP contribution in [0.5, 0.6) is 0 Å². The van der Waals surface area contributed by atoms with Crippen molar-refractivity contribution in [2.45, 2.75) is 58.6 Å². The Bertz CT molecular complexity index is 1080. The monoisotopic (exact) mass is 388 g/mol. The lowest BCUT2D eigenvalue weighted by Crippen LogP contribution is -2.35. The van der Waals surface area contributed by atoms with Gasteiger partial charge in [-0.3, -0.25) is 4.79 Å². The normalized spacial score (nSPS) is 17.9. The number of rotatable bonds is 6. The molecule has 3 heterocycles. The molecule has 0 radical (unpaired) electrons. The van der Waals surface area contributed by atoms with Crippen LogP contribution >= 0.6 is 0 Å². The molecule has 0 aliphatic carbocycles. The van der Waals surface area contributed by atoms with Gasteiger partial charge >= 0.3 is 0 Å². The first-order chi connectivity index (χ1) is 14.0. The zero-order valence-electron chi connectivity index (χ0n) is 17.5. The number of fused-ring (bicyclic) bond motifs is 4. The van der Waals surface area contributed by atoms with Crippen LogP contribution < -0.4 is 0 Å². The number of aromatic nitrogens is 1. The fraction of sp³-hybridized carbons (Fsp3) is 0.360. The smallest absolute Gasteiger partial charge is 0.156 e. The number of aryl methyl sites for hydroxylation is 1. The minimum absolute atomic E-state index is 0.328. The Morgan fingerprint density at radius 3 is 2.69 bits per heavy atom. The first kappa shape index (κ1) is 19.6. The highest BCUT2D eigenvalue weighted by atomic mass is 16.3. The second-order valence-electron chi connectivity index (χ2n) is 7.89. The van der Waals surface area contributed by atoms with Crippen LogP contribution in [0.25, 0.3) is 16.6 Å². The number of benzene rings is 1. The van der Waals surface area contributed by atoms with Crippen molar-refractivity contribution in [3.05, 3.63) is 70.6 Å². The Morgan fingerprint density at radius 1 is 1.28 bits per heavy atom. The number of allylic oxidation sites excluding steroid dienone is 1. The molecule has 2 aliphatic rings. The summed E-state index contributed by atoms with van der Waals surface area (Å²) in [5.41, 5.74) is 6.42. The minimum Gasteiger partial charge on any atom is -0.378 e. The van der Waals surface area contributed by atoms with E-state index in [2.05, 4.69) is 37.5 Å². The van der Waals surface area contributed by atoms with E-state index in [-0.39, 0.29) is 0 Å². The minimum atomic E-state index is -1.50. The van der Waals surface area contributed by atoms with Crippen molar-refractivity contribution in [3.8, 4) is 0 Å². The lowest BCUT2D eigenvalue weighted by Gasteiger charge is -2.35. The van der Waals surface area contributed by atoms with Crippen molar-refractivity contribution in [1.29, 1.82) is 0 Å². The second-order valence-corrected chi connectivity index (χ2v) is 7.89. The SMILES string of the molecule is C=C1C(CCC)=C(C(O)(C=O)CC)C=C2c3nc4ccccc4c(CC)c3CN12. The lowest BCUT2D eigenvalue weighted by molar-refractivity contribution is -0.120. The molecule has 0 amide bonds. The standard InChI is InChI=1S/C25H28N2O2/c1-5-10-18-16(4)27-14-20-17(6-2)19-11-8-9-12-22(19)26-24(20)23(27)13-21(18)25(29,7-3)15-28/h8-9,11-13,15,29H,4-7,10,14H2,1-3H3. The van der Waals surface area contributed by atoms with E-state index in [1.54, 1.807) is 0 Å². The average molecular weight is 389 g/mol. The van der Waals surface area contributed by atoms with Gasteiger partial charge < -0.3 is 10.0 Å². The first-order valence-electron chi connectivity index (χ1n) is 10.5. The number of hydrogen-bond donors (Lipinski definition) is 1. The summed E-state index contributed by atoms with van der Waals surface area (Å²) in [4.78, 5) is 19.0. The van der Waals surface area contributed by atoms with Crippen LogP contribution in [0.4, 0.5) is 0 Å². The molecule has 29 heavy (non-hydrogen) atoms. The molecule has 1 N–H and O–H groups in total. The predicted molar refractivity (Wildman–Crippen MR) is 117 cm³/mol. The van der Waals surface area contributed by atoms with Crippen LogP contribution in [-0.4, -0.2) is 26.9 Å². The van der Waals surface area contributed by atoms with Crippen LogP contribution in [-0.2, 0) is 17.8 Å². The molecule has 150 valence electrons. The molecule has 4 rings (SSSR count). The summed E-state index contributed by atoms with van der Waals surface area (Å²) in [7, 11) is 0. The fourth-order valence-electron chi connectivity index (χ4n) is 4.66. The predicted octanol–water partition coefficient (Wildman–Crippen LogP) is 4.92. The molecule has 2 aromatic rings. The largest absolute Gasteiger partial charge is 0.378 e. The van der Waals surface area contributed by atoms with Crippen LogP contribution in [0.2, 0.25) is 0 Å². The van der Waals surface area contributed by atoms with Crippen molar-refractivity contribution >= 4 is 22.9 Å². The topological polar surface area (TPSA) is 53.4 Å². The Morgan fingerprint density at radius 2 is 2.03 bits per heavy atom. The number of para-hydroxylation sites is 1. The van der Waals surface area contributed by atoms with Crippen LogP contribution in [0.3, 0.4) is 0 Å². The van der Waals surface area contributed by atoms with Crippen LogP contribution in [0, 0.1) is 0 Å². The van der Waals surface area contributed by atoms with Gasteiger partial charge in [0.15, 0.2) is 6.29 Å². The molecule has 1 aromatic heterocycles. The molecule has 1 aromatic carbocycles. The number of carbonyl (C=O) groups excluding carboxylic acids is 1. The number of carbonyl (C=O) groups is 1. The Labute approximate surface area is 172 Å². The van der Waals surface area contributed by atoms with Gasteiger partial charge in [-0.25, -0.2) is 4.98 Å². The molecule has 0 bridgehead atoms. The van der Waals surface area contributed by atoms with Crippen LogP contribution in [0.1, 0.15) is 56.9 Å². The second kappa shape index (κ2) is 7.27. The molecule has 4 heteroatoms. The molecule has 0 fully saturated rings. The maximum atomic E-state index is 11.9. The summed E-state index contributed by atoms with van der Waals surface area (Å²) >= 11 is 0. The van der Waals surface area contributed by atoms with Crippen molar-refractivity contribution in [2.24, 2.45) is 0 Å². The van der Waals surface area contributed by atoms with Crippen molar-refractivity contribution in [2.75, 3.05) is 0 Å². The highest BCUT2D eigenvalue weighted by Crippen LogP contribution is 2.46. The first-order valence-corrected chi connectivity index (χ1v) is 10.5. The maximum Gasteiger partial charge on any atom is 0.156 e. The van der Waals surface area contributed by atoms with Gasteiger partial charge in [-0.15, -0.1) is 0 Å². The van der Waals surface area contributed by atoms with Crippen molar-refractivity contribution < 1.29 is 9.90 Å². The van der Waals surface area contributed by atoms with E-state index in [4.69, 9.17) is 4.98 Å². The molecule has 1 unspecified atom stereocenters. The third-order valence-electron chi connectivity index (χ3n) is 6.30. The van der Waals surface area contributed by atoms with E-state index in [0.717, 1.165) is 54.0 Å². The number of pyridine rings is 1. The summed E-state index contributed by atoms with van der Waals surface area (Å²) < 4.78 is 0. The van der Waals surface area contributed by atoms with Gasteiger partial charge in [-0.1, -0.05) is 52.0 Å². The fourth-order valence-corrected chi connectivity index (χ4v) is 4.66. The Hall–Kier alpha value is -2.72. The van der Waals surface area contributed by atoms with E-state index in [1.165, 1.54) is 16.5 Å². The van der Waals surface area contributed by atoms with E-state index >= 15 is 0 Å². The quantitative estimate of drug-likeness (QED) is 0.714. The van der Waals surface area contributed by atoms with E-state index in [0.29, 0.717) is 18.3 Å². The Kier molecular flexibility index (Phi) is 4.91. The van der Waals surface area contributed by atoms with Gasteiger partial charge in [-0.05, 0) is 48.1 Å². The number of hydrogen-bond acceptors (Lipinski definition) is 4. The molecular weight excluding hydrogens is 360 g/mol. The number of aliphatic hydroxyl groups is 1. The maximum absolute atomic E-state index is 11.9. The Balaban J connectivity index is 1.98. The highest BCUT2D eigenvalue weighted by molar-refractivity contribution is 5.89. The highest BCUT2D eigenvalue weighted by Gasteiger charge is 2.39. The summed E-state index contributed by atoms with van der Waals surface area (Å²) in [5.74, 6) is 0. The zero-order chi connectivity index (χ0) is 20.8. The summed E-state index contributed by atoms with van der Waals surface area (Å²) in [6, 6.07) is 8.24. The number of aldehydes is 1. The third-order valence-corrected chi connectivity index (χ3v) is 6.30. The summed E-state index contributed by atoms with van der Waals surface area (Å²) in [6.07, 6.45) is 5.59. The van der Waals surface area contributed by atoms with Crippen molar-refractivity contribution in [1.82, 2.24) is 9.88 Å². The molecular formula is C25H28N2O2. The zero-order valence-corrected chi connectivity index (χ0v) is 17.5. The van der Waals surface area contributed by atoms with Crippen molar-refractivity contribution in [3.63, 3.8) is 0 Å². The molecule has 0 saturated heterocycles. The average Bonchev–Trinajstić information content (AvgIpc) is 3.11. The number of nitrogens with zero attached hydrogens (tertiary/aromatic N) is 2.